The molecule has 10 heteroatoms. The molecule has 0 unspecified atom stereocenters. The van der Waals surface area contributed by atoms with Gasteiger partial charge in [-0.25, -0.2) is 22.8 Å². The zero-order valence-electron chi connectivity index (χ0n) is 19.1. The summed E-state index contributed by atoms with van der Waals surface area (Å²) < 4.78 is 44.3. The second-order valence-electron chi connectivity index (χ2n) is 8.01. The van der Waals surface area contributed by atoms with Gasteiger partial charge in [-0.2, -0.15) is 0 Å². The van der Waals surface area contributed by atoms with Crippen LogP contribution in [0.2, 0.25) is 0 Å². The highest BCUT2D eigenvalue weighted by molar-refractivity contribution is 7.90. The quantitative estimate of drug-likeness (QED) is 0.362. The zero-order chi connectivity index (χ0) is 25.0. The normalized spacial score (nSPS) is 11.3. The molecule has 180 valence electrons. The first-order chi connectivity index (χ1) is 16.7. The van der Waals surface area contributed by atoms with Crippen LogP contribution in [0.1, 0.15) is 27.4 Å². The summed E-state index contributed by atoms with van der Waals surface area (Å²) >= 11 is 0. The van der Waals surface area contributed by atoms with Crippen molar-refractivity contribution in [3.63, 3.8) is 0 Å². The average Bonchev–Trinajstić information content (AvgIpc) is 3.34. The third kappa shape index (κ3) is 5.90. The van der Waals surface area contributed by atoms with Crippen LogP contribution in [-0.2, 0) is 22.9 Å². The monoisotopic (exact) mass is 494 g/mol. The smallest absolute Gasteiger partial charge is 0.276 e. The Morgan fingerprint density at radius 3 is 2.46 bits per heavy atom. The minimum absolute atomic E-state index is 0.0553. The third-order valence-corrected chi connectivity index (χ3v) is 6.05. The zero-order valence-corrected chi connectivity index (χ0v) is 19.9. The van der Waals surface area contributed by atoms with Crippen molar-refractivity contribution in [3.05, 3.63) is 102 Å². The number of sulfone groups is 1. The number of aromatic nitrogens is 2. The molecule has 0 fully saturated rings. The number of halogens is 1. The van der Waals surface area contributed by atoms with Crippen LogP contribution in [0.15, 0.2) is 82.7 Å². The summed E-state index contributed by atoms with van der Waals surface area (Å²) in [5, 5.41) is 2.26. The molecule has 0 saturated carbocycles. The van der Waals surface area contributed by atoms with E-state index in [0.29, 0.717) is 17.0 Å². The molecule has 0 atom stereocenters. The molecular formula is C25H23FN4O4S. The van der Waals surface area contributed by atoms with E-state index in [-0.39, 0.29) is 24.5 Å². The Hall–Kier alpha value is -4.05. The van der Waals surface area contributed by atoms with E-state index in [9.17, 15) is 17.6 Å². The summed E-state index contributed by atoms with van der Waals surface area (Å²) in [6, 6.07) is 16.8. The van der Waals surface area contributed by atoms with Gasteiger partial charge in [-0.05, 0) is 37.3 Å². The molecule has 1 N–H and O–H groups in total. The van der Waals surface area contributed by atoms with Crippen LogP contribution in [0.3, 0.4) is 0 Å². The second-order valence-corrected chi connectivity index (χ2v) is 9.92. The SMILES string of the molecule is Cc1ccc(NC(=O)c2nc(S(C)(=O)=O)ncc2N(Cc2ccco2)Cc2ccccc2F)cc1. The van der Waals surface area contributed by atoms with E-state index in [2.05, 4.69) is 15.3 Å². The van der Waals surface area contributed by atoms with Crippen LogP contribution in [0, 0.1) is 12.7 Å². The molecule has 0 aliphatic carbocycles. The Labute approximate surface area is 202 Å². The number of hydrogen-bond acceptors (Lipinski definition) is 7. The third-order valence-electron chi connectivity index (χ3n) is 5.19. The highest BCUT2D eigenvalue weighted by Crippen LogP contribution is 2.26. The van der Waals surface area contributed by atoms with Gasteiger partial charge in [0.1, 0.15) is 11.6 Å². The molecule has 2 aromatic heterocycles. The van der Waals surface area contributed by atoms with E-state index in [1.807, 2.05) is 19.1 Å². The van der Waals surface area contributed by atoms with Gasteiger partial charge >= 0.3 is 0 Å². The first kappa shape index (κ1) is 24.1. The van der Waals surface area contributed by atoms with E-state index in [1.54, 1.807) is 47.4 Å². The number of carbonyl (C=O) groups is 1. The van der Waals surface area contributed by atoms with Crippen molar-refractivity contribution in [2.75, 3.05) is 16.5 Å². The molecule has 0 spiro atoms. The van der Waals surface area contributed by atoms with Gasteiger partial charge in [-0.15, -0.1) is 0 Å². The van der Waals surface area contributed by atoms with Crippen molar-refractivity contribution in [2.24, 2.45) is 0 Å². The number of furan rings is 1. The molecular weight excluding hydrogens is 471 g/mol. The fraction of sp³-hybridized carbons (Fsp3) is 0.160. The van der Waals surface area contributed by atoms with Gasteiger partial charge in [0, 0.05) is 24.1 Å². The number of hydrogen-bond donors (Lipinski definition) is 1. The lowest BCUT2D eigenvalue weighted by Crippen LogP contribution is -2.28. The van der Waals surface area contributed by atoms with E-state index < -0.39 is 26.7 Å². The first-order valence-electron chi connectivity index (χ1n) is 10.7. The van der Waals surface area contributed by atoms with Crippen molar-refractivity contribution in [2.45, 2.75) is 25.2 Å². The highest BCUT2D eigenvalue weighted by Gasteiger charge is 2.24. The summed E-state index contributed by atoms with van der Waals surface area (Å²) in [5.41, 5.74) is 1.96. The van der Waals surface area contributed by atoms with E-state index in [0.717, 1.165) is 11.8 Å². The van der Waals surface area contributed by atoms with Crippen LogP contribution >= 0.6 is 0 Å². The second kappa shape index (κ2) is 10.1. The number of carbonyl (C=O) groups excluding carboxylic acids is 1. The molecule has 0 bridgehead atoms. The standard InChI is InChI=1S/C25H23FN4O4S/c1-17-9-11-19(12-10-17)28-24(31)23-22(14-27-25(29-23)35(2,32)33)30(16-20-7-5-13-34-20)15-18-6-3-4-8-21(18)26/h3-14H,15-16H2,1-2H3,(H,28,31). The first-order valence-corrected chi connectivity index (χ1v) is 12.6. The van der Waals surface area contributed by atoms with Crippen LogP contribution in [0.25, 0.3) is 0 Å². The molecule has 4 rings (SSSR count). The highest BCUT2D eigenvalue weighted by atomic mass is 32.2. The molecule has 0 aliphatic heterocycles. The van der Waals surface area contributed by atoms with Crippen molar-refractivity contribution >= 4 is 27.1 Å². The Balaban J connectivity index is 1.79. The fourth-order valence-electron chi connectivity index (χ4n) is 3.41. The Kier molecular flexibility index (Phi) is 6.92. The summed E-state index contributed by atoms with van der Waals surface area (Å²) in [6.07, 6.45) is 3.73. The number of nitrogens with one attached hydrogen (secondary N) is 1. The van der Waals surface area contributed by atoms with E-state index >= 15 is 0 Å². The number of amides is 1. The van der Waals surface area contributed by atoms with Gasteiger partial charge in [0.15, 0.2) is 5.69 Å². The molecule has 0 aliphatic rings. The lowest BCUT2D eigenvalue weighted by molar-refractivity contribution is 0.102. The maximum atomic E-state index is 14.5. The number of aryl methyl sites for hydroxylation is 1. The summed E-state index contributed by atoms with van der Waals surface area (Å²) in [7, 11) is -3.79. The average molecular weight is 495 g/mol. The predicted octanol–water partition coefficient (Wildman–Crippen LogP) is 4.38. The lowest BCUT2D eigenvalue weighted by Gasteiger charge is -2.25. The number of benzene rings is 2. The van der Waals surface area contributed by atoms with Gasteiger partial charge in [-0.3, -0.25) is 4.79 Å². The van der Waals surface area contributed by atoms with Crippen molar-refractivity contribution in [3.8, 4) is 0 Å². The Morgan fingerprint density at radius 2 is 1.80 bits per heavy atom. The number of anilines is 2. The molecule has 4 aromatic rings. The fourth-order valence-corrected chi connectivity index (χ4v) is 3.91. The van der Waals surface area contributed by atoms with E-state index in [1.165, 1.54) is 18.5 Å². The van der Waals surface area contributed by atoms with Crippen molar-refractivity contribution < 1.29 is 22.0 Å². The summed E-state index contributed by atoms with van der Waals surface area (Å²) in [4.78, 5) is 23.0. The van der Waals surface area contributed by atoms with Crippen LogP contribution in [0.4, 0.5) is 15.8 Å². The van der Waals surface area contributed by atoms with E-state index in [4.69, 9.17) is 4.42 Å². The maximum absolute atomic E-state index is 14.5. The Bertz CT molecular complexity index is 1440. The van der Waals surface area contributed by atoms with Crippen LogP contribution in [0.5, 0.6) is 0 Å². The minimum Gasteiger partial charge on any atom is -0.467 e. The predicted molar refractivity (Wildman–Crippen MR) is 129 cm³/mol. The summed E-state index contributed by atoms with van der Waals surface area (Å²) in [6.45, 7) is 2.13. The van der Waals surface area contributed by atoms with Crippen LogP contribution < -0.4 is 10.2 Å². The van der Waals surface area contributed by atoms with Crippen molar-refractivity contribution in [1.29, 1.82) is 0 Å². The van der Waals surface area contributed by atoms with Gasteiger partial charge in [-0.1, -0.05) is 35.9 Å². The van der Waals surface area contributed by atoms with Gasteiger partial charge in [0.25, 0.3) is 5.91 Å². The molecule has 1 amide bonds. The Morgan fingerprint density at radius 1 is 1.06 bits per heavy atom. The molecule has 0 radical (unpaired) electrons. The molecule has 35 heavy (non-hydrogen) atoms. The lowest BCUT2D eigenvalue weighted by atomic mass is 10.1. The van der Waals surface area contributed by atoms with Gasteiger partial charge in [0.05, 0.1) is 24.7 Å². The largest absolute Gasteiger partial charge is 0.467 e. The molecule has 2 heterocycles. The molecule has 8 nitrogen and oxygen atoms in total. The van der Waals surface area contributed by atoms with Gasteiger partial charge < -0.3 is 14.6 Å². The molecule has 0 saturated heterocycles. The van der Waals surface area contributed by atoms with Gasteiger partial charge in [0.2, 0.25) is 15.0 Å². The maximum Gasteiger partial charge on any atom is 0.276 e. The minimum atomic E-state index is -3.79. The van der Waals surface area contributed by atoms with Crippen LogP contribution in [-0.4, -0.2) is 30.5 Å². The molecule has 2 aromatic carbocycles. The number of rotatable bonds is 8. The van der Waals surface area contributed by atoms with Crippen molar-refractivity contribution in [1.82, 2.24) is 9.97 Å². The summed E-state index contributed by atoms with van der Waals surface area (Å²) in [5.74, 6) is -0.496. The number of nitrogens with zero attached hydrogens (tertiary/aromatic N) is 3. The topological polar surface area (TPSA) is 105 Å².